The molecule has 0 unspecified atom stereocenters. The van der Waals surface area contributed by atoms with Gasteiger partial charge in [-0.25, -0.2) is 0 Å². The summed E-state index contributed by atoms with van der Waals surface area (Å²) < 4.78 is 0. The number of benzene rings is 1. The zero-order chi connectivity index (χ0) is 12.9. The summed E-state index contributed by atoms with van der Waals surface area (Å²) in [7, 11) is 0. The zero-order valence-electron chi connectivity index (χ0n) is 10.4. The summed E-state index contributed by atoms with van der Waals surface area (Å²) >= 11 is 0. The van der Waals surface area contributed by atoms with E-state index in [1.807, 2.05) is 38.1 Å². The minimum Gasteiger partial charge on any atom is -0.481 e. The maximum absolute atomic E-state index is 10.5. The van der Waals surface area contributed by atoms with Gasteiger partial charge in [0.1, 0.15) is 0 Å². The summed E-state index contributed by atoms with van der Waals surface area (Å²) in [5.74, 6) is -0.760. The van der Waals surface area contributed by atoms with Crippen LogP contribution in [-0.2, 0) is 16.6 Å². The third-order valence-corrected chi connectivity index (χ3v) is 2.98. The molecule has 0 saturated heterocycles. The van der Waals surface area contributed by atoms with Crippen LogP contribution in [0, 0.1) is 0 Å². The quantitative estimate of drug-likeness (QED) is 0.797. The van der Waals surface area contributed by atoms with Crippen molar-refractivity contribution in [1.82, 2.24) is 0 Å². The van der Waals surface area contributed by atoms with E-state index in [4.69, 9.17) is 5.11 Å². The van der Waals surface area contributed by atoms with E-state index in [9.17, 15) is 9.90 Å². The van der Waals surface area contributed by atoms with Crippen molar-refractivity contribution in [3.05, 3.63) is 35.4 Å². The van der Waals surface area contributed by atoms with E-state index >= 15 is 0 Å². The summed E-state index contributed by atoms with van der Waals surface area (Å²) in [5, 5.41) is 18.0. The van der Waals surface area contributed by atoms with Crippen molar-refractivity contribution in [2.24, 2.45) is 0 Å². The summed E-state index contributed by atoms with van der Waals surface area (Å²) in [6.07, 6.45) is 1.56. The Labute approximate surface area is 102 Å². The molecule has 0 bridgehead atoms. The predicted octanol–water partition coefficient (Wildman–Crippen LogP) is 2.36. The highest BCUT2D eigenvalue weighted by molar-refractivity contribution is 5.66. The standard InChI is InChI=1S/C14H20O3/c1-14(2,10-15)12-8-4-3-6-11(12)7-5-9-13(16)17/h3-4,6,8,15H,5,7,9-10H2,1-2H3,(H,16,17). The molecular weight excluding hydrogens is 216 g/mol. The molecule has 0 atom stereocenters. The fourth-order valence-electron chi connectivity index (χ4n) is 1.91. The van der Waals surface area contributed by atoms with Crippen molar-refractivity contribution < 1.29 is 15.0 Å². The first-order chi connectivity index (χ1) is 7.97. The molecule has 0 saturated carbocycles. The van der Waals surface area contributed by atoms with Crippen LogP contribution in [0.15, 0.2) is 24.3 Å². The molecule has 1 aromatic rings. The average molecular weight is 236 g/mol. The zero-order valence-corrected chi connectivity index (χ0v) is 10.4. The number of aliphatic hydroxyl groups excluding tert-OH is 1. The highest BCUT2D eigenvalue weighted by Crippen LogP contribution is 2.26. The van der Waals surface area contributed by atoms with Gasteiger partial charge in [0.05, 0.1) is 6.61 Å². The molecule has 0 radical (unpaired) electrons. The van der Waals surface area contributed by atoms with Crippen molar-refractivity contribution >= 4 is 5.97 Å². The first-order valence-corrected chi connectivity index (χ1v) is 5.88. The first kappa shape index (κ1) is 13.7. The normalized spacial score (nSPS) is 11.5. The highest BCUT2D eigenvalue weighted by atomic mass is 16.4. The van der Waals surface area contributed by atoms with E-state index in [1.54, 1.807) is 0 Å². The Hall–Kier alpha value is -1.35. The van der Waals surface area contributed by atoms with Crippen LogP contribution in [0.3, 0.4) is 0 Å². The predicted molar refractivity (Wildman–Crippen MR) is 67.1 cm³/mol. The molecular formula is C14H20O3. The van der Waals surface area contributed by atoms with Crippen LogP contribution >= 0.6 is 0 Å². The van der Waals surface area contributed by atoms with Gasteiger partial charge in [-0.1, -0.05) is 38.1 Å². The molecule has 1 rings (SSSR count). The van der Waals surface area contributed by atoms with Gasteiger partial charge in [-0.15, -0.1) is 0 Å². The number of aryl methyl sites for hydroxylation is 1. The minimum absolute atomic E-state index is 0.0863. The van der Waals surface area contributed by atoms with Gasteiger partial charge in [0.25, 0.3) is 0 Å². The minimum atomic E-state index is -0.760. The van der Waals surface area contributed by atoms with Crippen LogP contribution in [0.5, 0.6) is 0 Å². The largest absolute Gasteiger partial charge is 0.481 e. The first-order valence-electron chi connectivity index (χ1n) is 5.88. The lowest BCUT2D eigenvalue weighted by Crippen LogP contribution is -2.23. The highest BCUT2D eigenvalue weighted by Gasteiger charge is 2.21. The maximum atomic E-state index is 10.5. The van der Waals surface area contributed by atoms with Gasteiger partial charge < -0.3 is 10.2 Å². The van der Waals surface area contributed by atoms with Crippen LogP contribution in [0.4, 0.5) is 0 Å². The van der Waals surface area contributed by atoms with E-state index in [0.29, 0.717) is 6.42 Å². The molecule has 3 heteroatoms. The molecule has 0 aromatic heterocycles. The summed E-state index contributed by atoms with van der Waals surface area (Å²) in [6.45, 7) is 4.06. The van der Waals surface area contributed by atoms with Crippen LogP contribution in [0.2, 0.25) is 0 Å². The Bertz CT molecular complexity index is 383. The number of hydrogen-bond acceptors (Lipinski definition) is 2. The third kappa shape index (κ3) is 3.86. The molecule has 2 N–H and O–H groups in total. The Kier molecular flexibility index (Phi) is 4.70. The number of aliphatic carboxylic acids is 1. The van der Waals surface area contributed by atoms with E-state index in [0.717, 1.165) is 17.5 Å². The number of hydrogen-bond donors (Lipinski definition) is 2. The van der Waals surface area contributed by atoms with Crippen LogP contribution in [0.1, 0.15) is 37.8 Å². The van der Waals surface area contributed by atoms with E-state index < -0.39 is 5.97 Å². The molecule has 0 heterocycles. The molecule has 3 nitrogen and oxygen atoms in total. The summed E-state index contributed by atoms with van der Waals surface area (Å²) in [5.41, 5.74) is 1.96. The van der Waals surface area contributed by atoms with Crippen molar-refractivity contribution in [2.45, 2.75) is 38.5 Å². The van der Waals surface area contributed by atoms with Gasteiger partial charge in [0.15, 0.2) is 0 Å². The fraction of sp³-hybridized carbons (Fsp3) is 0.500. The van der Waals surface area contributed by atoms with Gasteiger partial charge in [-0.2, -0.15) is 0 Å². The Morgan fingerprint density at radius 2 is 1.94 bits per heavy atom. The number of carbonyl (C=O) groups is 1. The van der Waals surface area contributed by atoms with Crippen molar-refractivity contribution in [2.75, 3.05) is 6.61 Å². The smallest absolute Gasteiger partial charge is 0.303 e. The van der Waals surface area contributed by atoms with Crippen molar-refractivity contribution in [3.8, 4) is 0 Å². The van der Waals surface area contributed by atoms with Gasteiger partial charge >= 0.3 is 5.97 Å². The molecule has 0 aliphatic carbocycles. The Morgan fingerprint density at radius 3 is 2.53 bits per heavy atom. The average Bonchev–Trinajstić information content (AvgIpc) is 2.29. The number of carboxylic acid groups (broad SMARTS) is 1. The molecule has 0 aliphatic rings. The molecule has 0 fully saturated rings. The molecule has 0 spiro atoms. The number of aliphatic hydroxyl groups is 1. The van der Waals surface area contributed by atoms with Crippen LogP contribution in [0.25, 0.3) is 0 Å². The molecule has 1 aromatic carbocycles. The maximum Gasteiger partial charge on any atom is 0.303 e. The molecule has 0 aliphatic heterocycles. The van der Waals surface area contributed by atoms with E-state index in [-0.39, 0.29) is 18.4 Å². The molecule has 17 heavy (non-hydrogen) atoms. The monoisotopic (exact) mass is 236 g/mol. The molecule has 94 valence electrons. The fourth-order valence-corrected chi connectivity index (χ4v) is 1.91. The lowest BCUT2D eigenvalue weighted by Gasteiger charge is -2.25. The topological polar surface area (TPSA) is 57.5 Å². The van der Waals surface area contributed by atoms with Gasteiger partial charge in [-0.3, -0.25) is 4.79 Å². The second kappa shape index (κ2) is 5.82. The summed E-state index contributed by atoms with van der Waals surface area (Å²) in [6, 6.07) is 7.92. The van der Waals surface area contributed by atoms with E-state index in [1.165, 1.54) is 0 Å². The lowest BCUT2D eigenvalue weighted by molar-refractivity contribution is -0.137. The van der Waals surface area contributed by atoms with Gasteiger partial charge in [0.2, 0.25) is 0 Å². The number of rotatable bonds is 6. The Balaban J connectivity index is 2.81. The number of carboxylic acids is 1. The van der Waals surface area contributed by atoms with Crippen molar-refractivity contribution in [1.29, 1.82) is 0 Å². The second-order valence-electron chi connectivity index (χ2n) is 4.95. The van der Waals surface area contributed by atoms with Gasteiger partial charge in [-0.05, 0) is 24.0 Å². The van der Waals surface area contributed by atoms with Crippen molar-refractivity contribution in [3.63, 3.8) is 0 Å². The van der Waals surface area contributed by atoms with Crippen LogP contribution in [-0.4, -0.2) is 22.8 Å². The second-order valence-corrected chi connectivity index (χ2v) is 4.95. The lowest BCUT2D eigenvalue weighted by atomic mass is 9.81. The van der Waals surface area contributed by atoms with Crippen LogP contribution < -0.4 is 0 Å². The van der Waals surface area contributed by atoms with E-state index in [2.05, 4.69) is 0 Å². The Morgan fingerprint density at radius 1 is 1.29 bits per heavy atom. The van der Waals surface area contributed by atoms with Gasteiger partial charge in [0, 0.05) is 11.8 Å². The summed E-state index contributed by atoms with van der Waals surface area (Å²) in [4.78, 5) is 10.5. The third-order valence-electron chi connectivity index (χ3n) is 2.98. The molecule has 0 amide bonds. The SMILES string of the molecule is CC(C)(CO)c1ccccc1CCCC(=O)O.